The van der Waals surface area contributed by atoms with Crippen LogP contribution in [0.15, 0.2) is 12.0 Å². The number of fused-ring (bicyclic) bond motifs is 1. The standard InChI is InChI=1S/C27H44N6O4S2/c28-17-3-1-2-4-18(17)31-15-11-19(24(27(29)35)30-13-15)32-22-6-5-21(39-22)16-14-38-26-20(34)12-23(37-25(16)26)33-7-9-36-10-8-33/h12,15-19,21-22,24-26,30-32H,1-11,13-14,28H2,(H2,29,35)/t15?,16?,17-,18+,19?,21?,22?,24?,25?,26?/m1/s1. The number of hydrogen-bond donors (Lipinski definition) is 5. The van der Waals surface area contributed by atoms with E-state index in [-0.39, 0.29) is 52.6 Å². The Morgan fingerprint density at radius 1 is 1.10 bits per heavy atom. The van der Waals surface area contributed by atoms with Crippen LogP contribution >= 0.6 is 23.5 Å². The molecule has 7 N–H and O–H groups in total. The molecule has 0 radical (unpaired) electrons. The number of hydrogen-bond acceptors (Lipinski definition) is 11. The number of carbonyl (C=O) groups excluding carboxylic acids is 2. The van der Waals surface area contributed by atoms with Gasteiger partial charge in [0.15, 0.2) is 11.7 Å². The molecule has 1 aliphatic carbocycles. The number of ether oxygens (including phenoxy) is 2. The van der Waals surface area contributed by atoms with Crippen LogP contribution in [0.4, 0.5) is 0 Å². The van der Waals surface area contributed by atoms with Crippen molar-refractivity contribution in [3.63, 3.8) is 0 Å². The summed E-state index contributed by atoms with van der Waals surface area (Å²) in [6.45, 7) is 3.58. The third kappa shape index (κ3) is 6.27. The number of nitrogens with one attached hydrogen (secondary N) is 3. The van der Waals surface area contributed by atoms with Gasteiger partial charge >= 0.3 is 0 Å². The molecule has 10 nitrogen and oxygen atoms in total. The average molecular weight is 581 g/mol. The Kier molecular flexibility index (Phi) is 8.98. The van der Waals surface area contributed by atoms with Crippen molar-refractivity contribution in [1.82, 2.24) is 20.9 Å². The molecular weight excluding hydrogens is 536 g/mol. The van der Waals surface area contributed by atoms with E-state index in [0.717, 1.165) is 63.4 Å². The Bertz CT molecular complexity index is 936. The van der Waals surface area contributed by atoms with Crippen LogP contribution in [0.1, 0.15) is 44.9 Å². The molecule has 0 bridgehead atoms. The number of primary amides is 1. The number of thioether (sulfide) groups is 2. The molecule has 0 spiro atoms. The van der Waals surface area contributed by atoms with Gasteiger partial charge in [-0.1, -0.05) is 12.8 Å². The molecule has 0 aromatic rings. The zero-order chi connectivity index (χ0) is 26.9. The summed E-state index contributed by atoms with van der Waals surface area (Å²) in [5, 5.41) is 11.6. The zero-order valence-corrected chi connectivity index (χ0v) is 24.2. The Morgan fingerprint density at radius 2 is 1.92 bits per heavy atom. The highest BCUT2D eigenvalue weighted by Crippen LogP contribution is 2.48. The highest BCUT2D eigenvalue weighted by molar-refractivity contribution is 8.01. The predicted octanol–water partition coefficient (Wildman–Crippen LogP) is 0.115. The SMILES string of the molecule is NC(=O)C1NCC(N[C@H]2CCCC[C@H]2N)CC1NC1CCC(C2CSC3C(=O)C=C(N4CCOCC4)OC32)S1. The smallest absolute Gasteiger partial charge is 0.236 e. The minimum atomic E-state index is -0.380. The Morgan fingerprint density at radius 3 is 2.72 bits per heavy atom. The normalized spacial score (nSPS) is 43.1. The van der Waals surface area contributed by atoms with E-state index in [9.17, 15) is 9.59 Å². The van der Waals surface area contributed by atoms with Crippen LogP contribution in [0.3, 0.4) is 0 Å². The Balaban J connectivity index is 1.06. The van der Waals surface area contributed by atoms with Crippen molar-refractivity contribution in [2.24, 2.45) is 17.4 Å². The van der Waals surface area contributed by atoms with Crippen LogP contribution in [0, 0.1) is 5.92 Å². The van der Waals surface area contributed by atoms with Crippen molar-refractivity contribution in [1.29, 1.82) is 0 Å². The van der Waals surface area contributed by atoms with Gasteiger partial charge in [0, 0.05) is 66.8 Å². The molecule has 5 fully saturated rings. The highest BCUT2D eigenvalue weighted by atomic mass is 32.2. The summed E-state index contributed by atoms with van der Waals surface area (Å²) in [4.78, 5) is 27.5. The molecule has 39 heavy (non-hydrogen) atoms. The number of carbonyl (C=O) groups is 2. The van der Waals surface area contributed by atoms with Gasteiger partial charge in [-0.15, -0.1) is 23.5 Å². The van der Waals surface area contributed by atoms with Crippen LogP contribution < -0.4 is 27.4 Å². The molecule has 1 amide bonds. The third-order valence-corrected chi connectivity index (χ3v) is 12.4. The fourth-order valence-electron chi connectivity index (χ4n) is 7.20. The topological polar surface area (TPSA) is 144 Å². The number of morpholine rings is 1. The molecule has 10 atom stereocenters. The van der Waals surface area contributed by atoms with Crippen molar-refractivity contribution in [2.75, 3.05) is 38.6 Å². The van der Waals surface area contributed by atoms with Gasteiger partial charge in [0.1, 0.15) is 17.4 Å². The lowest BCUT2D eigenvalue weighted by Crippen LogP contribution is -2.66. The molecule has 5 heterocycles. The number of rotatable bonds is 7. The van der Waals surface area contributed by atoms with Gasteiger partial charge in [-0.2, -0.15) is 0 Å². The monoisotopic (exact) mass is 580 g/mol. The third-order valence-electron chi connectivity index (χ3n) is 9.34. The number of ketones is 1. The molecule has 4 saturated heterocycles. The highest BCUT2D eigenvalue weighted by Gasteiger charge is 2.50. The maximum absolute atomic E-state index is 13.0. The fourth-order valence-corrected chi connectivity index (χ4v) is 10.5. The first-order chi connectivity index (χ1) is 19.0. The minimum Gasteiger partial charge on any atom is -0.474 e. The summed E-state index contributed by atoms with van der Waals surface area (Å²) in [7, 11) is 0. The molecule has 6 rings (SSSR count). The largest absolute Gasteiger partial charge is 0.474 e. The van der Waals surface area contributed by atoms with Crippen molar-refractivity contribution >= 4 is 35.2 Å². The summed E-state index contributed by atoms with van der Waals surface area (Å²) in [6, 6.07) is 0.386. The van der Waals surface area contributed by atoms with Crippen molar-refractivity contribution in [2.45, 2.75) is 97.1 Å². The van der Waals surface area contributed by atoms with Gasteiger partial charge in [-0.3, -0.25) is 9.59 Å². The second kappa shape index (κ2) is 12.5. The number of allylic oxidation sites excluding steroid dienone is 1. The molecule has 5 aliphatic heterocycles. The predicted molar refractivity (Wildman–Crippen MR) is 154 cm³/mol. The fraction of sp³-hybridized carbons (Fsp3) is 0.852. The lowest BCUT2D eigenvalue weighted by atomic mass is 9.88. The van der Waals surface area contributed by atoms with E-state index in [1.54, 1.807) is 17.8 Å². The van der Waals surface area contributed by atoms with Crippen LogP contribution in [-0.2, 0) is 19.1 Å². The van der Waals surface area contributed by atoms with E-state index >= 15 is 0 Å². The van der Waals surface area contributed by atoms with E-state index in [1.165, 1.54) is 12.8 Å². The number of piperidine rings is 1. The quantitative estimate of drug-likeness (QED) is 0.280. The van der Waals surface area contributed by atoms with Crippen molar-refractivity contribution in [3.05, 3.63) is 12.0 Å². The first kappa shape index (κ1) is 28.1. The summed E-state index contributed by atoms with van der Waals surface area (Å²) in [6.07, 6.45) is 9.20. The maximum atomic E-state index is 13.0. The Hall–Kier alpha value is -1.02. The van der Waals surface area contributed by atoms with Gasteiger partial charge in [0.05, 0.1) is 18.6 Å². The summed E-state index contributed by atoms with van der Waals surface area (Å²) >= 11 is 3.71. The Labute approximate surface area is 239 Å². The molecular formula is C27H44N6O4S2. The number of nitrogens with zero attached hydrogens (tertiary/aromatic N) is 1. The van der Waals surface area contributed by atoms with Crippen LogP contribution in [0.25, 0.3) is 0 Å². The second-order valence-corrected chi connectivity index (χ2v) is 14.6. The maximum Gasteiger partial charge on any atom is 0.236 e. The van der Waals surface area contributed by atoms with Crippen LogP contribution in [0.2, 0.25) is 0 Å². The summed E-state index contributed by atoms with van der Waals surface area (Å²) in [5.41, 5.74) is 12.2. The van der Waals surface area contributed by atoms with Crippen LogP contribution in [-0.4, -0.2) is 107 Å². The van der Waals surface area contributed by atoms with E-state index in [4.69, 9.17) is 20.9 Å². The van der Waals surface area contributed by atoms with E-state index in [1.807, 2.05) is 11.8 Å². The summed E-state index contributed by atoms with van der Waals surface area (Å²) < 4.78 is 12.0. The summed E-state index contributed by atoms with van der Waals surface area (Å²) in [5.74, 6) is 1.88. The molecule has 6 aliphatic rings. The lowest BCUT2D eigenvalue weighted by molar-refractivity contribution is -0.121. The molecule has 0 aromatic carbocycles. The lowest BCUT2D eigenvalue weighted by Gasteiger charge is -2.41. The van der Waals surface area contributed by atoms with E-state index in [2.05, 4.69) is 20.9 Å². The van der Waals surface area contributed by atoms with Gasteiger partial charge < -0.3 is 41.8 Å². The first-order valence-corrected chi connectivity index (χ1v) is 16.8. The van der Waals surface area contributed by atoms with E-state index in [0.29, 0.717) is 30.4 Å². The minimum absolute atomic E-state index is 0.0288. The molecule has 12 heteroatoms. The van der Waals surface area contributed by atoms with E-state index < -0.39 is 0 Å². The average Bonchev–Trinajstić information content (AvgIpc) is 3.58. The molecule has 0 aromatic heterocycles. The number of amides is 1. The molecule has 1 saturated carbocycles. The van der Waals surface area contributed by atoms with Crippen LogP contribution in [0.5, 0.6) is 0 Å². The molecule has 218 valence electrons. The number of nitrogens with two attached hydrogens (primary N) is 2. The zero-order valence-electron chi connectivity index (χ0n) is 22.6. The van der Waals surface area contributed by atoms with Gasteiger partial charge in [-0.25, -0.2) is 0 Å². The molecule has 8 unspecified atom stereocenters. The van der Waals surface area contributed by atoms with Crippen molar-refractivity contribution in [3.8, 4) is 0 Å². The van der Waals surface area contributed by atoms with Crippen molar-refractivity contribution < 1.29 is 19.1 Å². The van der Waals surface area contributed by atoms with Gasteiger partial charge in [0.2, 0.25) is 5.91 Å². The van der Waals surface area contributed by atoms with Gasteiger partial charge in [0.25, 0.3) is 0 Å². The first-order valence-electron chi connectivity index (χ1n) is 14.8. The van der Waals surface area contributed by atoms with Gasteiger partial charge in [-0.05, 0) is 32.1 Å². The second-order valence-electron chi connectivity index (χ2n) is 11.9.